The molecule has 3 N–H and O–H groups in total. The quantitative estimate of drug-likeness (QED) is 0.848. The number of carbonyl (C=O) groups excluding carboxylic acids is 1. The van der Waals surface area contributed by atoms with Gasteiger partial charge in [0.25, 0.3) is 0 Å². The molecule has 1 aromatic heterocycles. The van der Waals surface area contributed by atoms with Crippen molar-refractivity contribution in [3.05, 3.63) is 52.0 Å². The predicted molar refractivity (Wildman–Crippen MR) is 77.2 cm³/mol. The van der Waals surface area contributed by atoms with Crippen LogP contribution in [0.4, 0.5) is 0 Å². The largest absolute Gasteiger partial charge is 0.366 e. The molecule has 1 aromatic carbocycles. The van der Waals surface area contributed by atoms with Crippen LogP contribution in [-0.2, 0) is 6.54 Å². The van der Waals surface area contributed by atoms with Crippen molar-refractivity contribution in [2.45, 2.75) is 19.4 Å². The Morgan fingerprint density at radius 2 is 2.37 bits per heavy atom. The minimum absolute atomic E-state index is 0.388. The van der Waals surface area contributed by atoms with Crippen molar-refractivity contribution in [2.24, 2.45) is 5.73 Å². The van der Waals surface area contributed by atoms with E-state index in [-0.39, 0.29) is 0 Å². The van der Waals surface area contributed by atoms with E-state index in [1.165, 1.54) is 0 Å². The number of primary amides is 1. The van der Waals surface area contributed by atoms with Gasteiger partial charge in [-0.15, -0.1) is 11.3 Å². The van der Waals surface area contributed by atoms with Crippen LogP contribution in [0.2, 0.25) is 0 Å². The molecule has 0 aliphatic heterocycles. The smallest absolute Gasteiger partial charge is 0.248 e. The number of carbonyl (C=O) groups is 1. The monoisotopic (exact) mass is 275 g/mol. The Morgan fingerprint density at radius 3 is 3.05 bits per heavy atom. The van der Waals surface area contributed by atoms with Gasteiger partial charge in [-0.25, -0.2) is 4.98 Å². The molecule has 0 spiro atoms. The molecule has 0 fully saturated rings. The number of rotatable bonds is 6. The third-order valence-corrected chi connectivity index (χ3v) is 3.87. The zero-order valence-electron chi connectivity index (χ0n) is 10.8. The number of nitrogens with two attached hydrogens (primary N) is 1. The molecule has 4 nitrogen and oxygen atoms in total. The number of amides is 1. The fourth-order valence-electron chi connectivity index (χ4n) is 1.83. The highest BCUT2D eigenvalue weighted by Crippen LogP contribution is 2.16. The van der Waals surface area contributed by atoms with Gasteiger partial charge in [0.2, 0.25) is 5.91 Å². The summed E-state index contributed by atoms with van der Waals surface area (Å²) in [6.45, 7) is 3.72. The van der Waals surface area contributed by atoms with E-state index in [4.69, 9.17) is 5.73 Å². The SMILES string of the molecule is CC(CNCc1cccc(C(N)=O)c1)c1nccs1. The number of hydrogen-bond acceptors (Lipinski definition) is 4. The summed E-state index contributed by atoms with van der Waals surface area (Å²) >= 11 is 1.67. The van der Waals surface area contributed by atoms with Gasteiger partial charge in [0, 0.05) is 36.1 Å². The maximum absolute atomic E-state index is 11.1. The predicted octanol–water partition coefficient (Wildman–Crippen LogP) is 2.14. The van der Waals surface area contributed by atoms with Gasteiger partial charge in [-0.3, -0.25) is 4.79 Å². The molecule has 2 rings (SSSR count). The molecule has 0 saturated carbocycles. The van der Waals surface area contributed by atoms with E-state index < -0.39 is 5.91 Å². The Labute approximate surface area is 116 Å². The van der Waals surface area contributed by atoms with Crippen molar-refractivity contribution < 1.29 is 4.79 Å². The summed E-state index contributed by atoms with van der Waals surface area (Å²) in [4.78, 5) is 15.4. The number of nitrogens with one attached hydrogen (secondary N) is 1. The number of thiazole rings is 1. The molecule has 19 heavy (non-hydrogen) atoms. The lowest BCUT2D eigenvalue weighted by Crippen LogP contribution is -2.20. The highest BCUT2D eigenvalue weighted by Gasteiger charge is 2.07. The van der Waals surface area contributed by atoms with E-state index in [2.05, 4.69) is 17.2 Å². The molecule has 0 aliphatic carbocycles. The molecule has 0 saturated heterocycles. The van der Waals surface area contributed by atoms with Gasteiger partial charge in [0.05, 0.1) is 5.01 Å². The van der Waals surface area contributed by atoms with E-state index >= 15 is 0 Å². The minimum Gasteiger partial charge on any atom is -0.366 e. The molecule has 1 amide bonds. The topological polar surface area (TPSA) is 68.0 Å². The third kappa shape index (κ3) is 3.87. The summed E-state index contributed by atoms with van der Waals surface area (Å²) in [5, 5.41) is 6.50. The van der Waals surface area contributed by atoms with Crippen LogP contribution in [0.15, 0.2) is 35.8 Å². The van der Waals surface area contributed by atoms with E-state index in [9.17, 15) is 4.79 Å². The molecule has 100 valence electrons. The normalized spacial score (nSPS) is 12.3. The van der Waals surface area contributed by atoms with Gasteiger partial charge < -0.3 is 11.1 Å². The zero-order valence-corrected chi connectivity index (χ0v) is 11.6. The molecule has 5 heteroatoms. The molecular formula is C14H17N3OS. The van der Waals surface area contributed by atoms with Crippen molar-refractivity contribution >= 4 is 17.2 Å². The first-order valence-corrected chi connectivity index (χ1v) is 7.03. The van der Waals surface area contributed by atoms with Crippen LogP contribution in [0.5, 0.6) is 0 Å². The van der Waals surface area contributed by atoms with E-state index in [0.29, 0.717) is 11.5 Å². The molecule has 0 bridgehead atoms. The molecule has 2 aromatic rings. The summed E-state index contributed by atoms with van der Waals surface area (Å²) in [5.74, 6) is -0.00248. The number of hydrogen-bond donors (Lipinski definition) is 2. The van der Waals surface area contributed by atoms with Crippen molar-refractivity contribution in [1.82, 2.24) is 10.3 Å². The lowest BCUT2D eigenvalue weighted by atomic mass is 10.1. The van der Waals surface area contributed by atoms with Crippen molar-refractivity contribution in [2.75, 3.05) is 6.54 Å². The van der Waals surface area contributed by atoms with Crippen molar-refractivity contribution in [3.8, 4) is 0 Å². The van der Waals surface area contributed by atoms with E-state index in [1.54, 1.807) is 17.4 Å². The molecule has 0 radical (unpaired) electrons. The second-order valence-electron chi connectivity index (χ2n) is 4.47. The van der Waals surface area contributed by atoms with Gasteiger partial charge in [-0.05, 0) is 17.7 Å². The third-order valence-electron chi connectivity index (χ3n) is 2.86. The van der Waals surface area contributed by atoms with Crippen molar-refractivity contribution in [1.29, 1.82) is 0 Å². The summed E-state index contributed by atoms with van der Waals surface area (Å²) in [6, 6.07) is 7.38. The minimum atomic E-state index is -0.391. The van der Waals surface area contributed by atoms with Gasteiger partial charge in [-0.1, -0.05) is 19.1 Å². The van der Waals surface area contributed by atoms with Crippen LogP contribution >= 0.6 is 11.3 Å². The molecule has 1 atom stereocenters. The van der Waals surface area contributed by atoms with Crippen LogP contribution in [0, 0.1) is 0 Å². The summed E-state index contributed by atoms with van der Waals surface area (Å²) in [5.41, 5.74) is 6.86. The number of aromatic nitrogens is 1. The maximum atomic E-state index is 11.1. The van der Waals surface area contributed by atoms with Crippen LogP contribution in [0.1, 0.15) is 33.8 Å². The fraction of sp³-hybridized carbons (Fsp3) is 0.286. The molecule has 0 aliphatic rings. The highest BCUT2D eigenvalue weighted by molar-refractivity contribution is 7.09. The van der Waals surface area contributed by atoms with Crippen LogP contribution in [0.3, 0.4) is 0 Å². The van der Waals surface area contributed by atoms with Crippen LogP contribution in [0.25, 0.3) is 0 Å². The number of nitrogens with zero attached hydrogens (tertiary/aromatic N) is 1. The first-order valence-electron chi connectivity index (χ1n) is 6.15. The molecule has 1 unspecified atom stereocenters. The van der Waals surface area contributed by atoms with E-state index in [0.717, 1.165) is 23.7 Å². The van der Waals surface area contributed by atoms with Crippen LogP contribution < -0.4 is 11.1 Å². The van der Waals surface area contributed by atoms with E-state index in [1.807, 2.05) is 29.8 Å². The first kappa shape index (κ1) is 13.7. The Hall–Kier alpha value is -1.72. The second kappa shape index (κ2) is 6.45. The highest BCUT2D eigenvalue weighted by atomic mass is 32.1. The molecular weight excluding hydrogens is 258 g/mol. The Bertz CT molecular complexity index is 539. The lowest BCUT2D eigenvalue weighted by Gasteiger charge is -2.10. The fourth-order valence-corrected chi connectivity index (χ4v) is 2.53. The van der Waals surface area contributed by atoms with Gasteiger partial charge >= 0.3 is 0 Å². The summed E-state index contributed by atoms with van der Waals surface area (Å²) in [7, 11) is 0. The second-order valence-corrected chi connectivity index (χ2v) is 5.39. The lowest BCUT2D eigenvalue weighted by molar-refractivity contribution is 0.1000. The average Bonchev–Trinajstić information content (AvgIpc) is 2.93. The standard InChI is InChI=1S/C14H17N3OS/c1-10(14-17-5-6-19-14)8-16-9-11-3-2-4-12(7-11)13(15)18/h2-7,10,16H,8-9H2,1H3,(H2,15,18). The maximum Gasteiger partial charge on any atom is 0.248 e. The van der Waals surface area contributed by atoms with Gasteiger partial charge in [0.15, 0.2) is 0 Å². The first-order chi connectivity index (χ1) is 9.16. The average molecular weight is 275 g/mol. The van der Waals surface area contributed by atoms with Gasteiger partial charge in [-0.2, -0.15) is 0 Å². The zero-order chi connectivity index (χ0) is 13.7. The molecule has 1 heterocycles. The Balaban J connectivity index is 1.86. The Kier molecular flexibility index (Phi) is 4.65. The van der Waals surface area contributed by atoms with Gasteiger partial charge in [0.1, 0.15) is 0 Å². The summed E-state index contributed by atoms with van der Waals surface area (Å²) < 4.78 is 0. The van der Waals surface area contributed by atoms with Crippen LogP contribution in [-0.4, -0.2) is 17.4 Å². The Morgan fingerprint density at radius 1 is 1.53 bits per heavy atom. The summed E-state index contributed by atoms with van der Waals surface area (Å²) in [6.07, 6.45) is 1.83. The number of benzene rings is 1. The van der Waals surface area contributed by atoms with Crippen molar-refractivity contribution in [3.63, 3.8) is 0 Å².